The Balaban J connectivity index is 1.28. The van der Waals surface area contributed by atoms with Crippen molar-refractivity contribution in [3.63, 3.8) is 0 Å². The van der Waals surface area contributed by atoms with Gasteiger partial charge in [-0.2, -0.15) is 0 Å². The van der Waals surface area contributed by atoms with Gasteiger partial charge in [0.15, 0.2) is 0 Å². The number of ketones is 1. The van der Waals surface area contributed by atoms with Gasteiger partial charge in [-0.15, -0.1) is 11.3 Å². The van der Waals surface area contributed by atoms with Crippen molar-refractivity contribution in [2.75, 3.05) is 5.32 Å². The Labute approximate surface area is 168 Å². The van der Waals surface area contributed by atoms with E-state index in [1.54, 1.807) is 11.3 Å². The highest BCUT2D eigenvalue weighted by molar-refractivity contribution is 7.21. The number of para-hydroxylation sites is 1. The van der Waals surface area contributed by atoms with E-state index in [4.69, 9.17) is 0 Å². The molecule has 2 unspecified atom stereocenters. The molecule has 2 aromatic carbocycles. The molecule has 0 radical (unpaired) electrons. The zero-order chi connectivity index (χ0) is 19.1. The summed E-state index contributed by atoms with van der Waals surface area (Å²) in [5, 5.41) is 4.04. The number of rotatable bonds is 3. The number of fused-ring (bicyclic) bond motifs is 3. The lowest BCUT2D eigenvalue weighted by atomic mass is 9.67. The second kappa shape index (κ2) is 7.13. The zero-order valence-corrected chi connectivity index (χ0v) is 16.4. The second-order valence-electron chi connectivity index (χ2n) is 7.95. The largest absolute Gasteiger partial charge is 0.326 e. The van der Waals surface area contributed by atoms with Crippen LogP contribution < -0.4 is 5.32 Å². The Morgan fingerprint density at radius 3 is 2.43 bits per heavy atom. The molecule has 1 amide bonds. The molecule has 5 heteroatoms. The fraction of sp³-hybridized carbons (Fsp3) is 0.348. The van der Waals surface area contributed by atoms with Crippen molar-refractivity contribution in [1.29, 1.82) is 0 Å². The van der Waals surface area contributed by atoms with Gasteiger partial charge in [-0.25, -0.2) is 4.98 Å². The van der Waals surface area contributed by atoms with E-state index in [1.807, 2.05) is 42.5 Å². The molecule has 1 aromatic heterocycles. The summed E-state index contributed by atoms with van der Waals surface area (Å²) in [6.45, 7) is 0. The number of hydrogen-bond acceptors (Lipinski definition) is 4. The van der Waals surface area contributed by atoms with Crippen LogP contribution in [0.1, 0.15) is 32.1 Å². The lowest BCUT2D eigenvalue weighted by Gasteiger charge is -2.36. The first-order valence-corrected chi connectivity index (χ1v) is 10.8. The lowest BCUT2D eigenvalue weighted by molar-refractivity contribution is -0.136. The van der Waals surface area contributed by atoms with Crippen LogP contribution in [0.5, 0.6) is 0 Å². The molecular formula is C23H22N2O2S. The third-order valence-corrected chi connectivity index (χ3v) is 7.20. The number of hydrogen-bond donors (Lipinski definition) is 1. The van der Waals surface area contributed by atoms with E-state index in [1.165, 1.54) is 4.70 Å². The monoisotopic (exact) mass is 390 g/mol. The minimum absolute atomic E-state index is 0.0445. The molecule has 28 heavy (non-hydrogen) atoms. The van der Waals surface area contributed by atoms with Crippen molar-refractivity contribution >= 4 is 38.9 Å². The van der Waals surface area contributed by atoms with E-state index < -0.39 is 0 Å². The third-order valence-electron chi connectivity index (χ3n) is 6.11. The molecule has 1 heterocycles. The molecule has 4 nitrogen and oxygen atoms in total. The highest BCUT2D eigenvalue weighted by Crippen LogP contribution is 2.40. The van der Waals surface area contributed by atoms with Gasteiger partial charge < -0.3 is 5.32 Å². The van der Waals surface area contributed by atoms with Crippen LogP contribution in [-0.4, -0.2) is 16.7 Å². The van der Waals surface area contributed by atoms with Gasteiger partial charge in [0.1, 0.15) is 10.8 Å². The summed E-state index contributed by atoms with van der Waals surface area (Å²) < 4.78 is 1.17. The van der Waals surface area contributed by atoms with Crippen molar-refractivity contribution < 1.29 is 9.59 Å². The summed E-state index contributed by atoms with van der Waals surface area (Å²) in [5.74, 6) is 0.610. The average Bonchev–Trinajstić information content (AvgIpc) is 3.12. The zero-order valence-electron chi connectivity index (χ0n) is 15.6. The maximum atomic E-state index is 12.7. The second-order valence-corrected chi connectivity index (χ2v) is 8.98. The Morgan fingerprint density at radius 1 is 1.00 bits per heavy atom. The molecule has 3 aromatic rings. The first-order chi connectivity index (χ1) is 13.7. The van der Waals surface area contributed by atoms with Gasteiger partial charge in [-0.1, -0.05) is 18.6 Å². The van der Waals surface area contributed by atoms with E-state index in [0.29, 0.717) is 18.6 Å². The maximum absolute atomic E-state index is 12.7. The third kappa shape index (κ3) is 3.24. The van der Waals surface area contributed by atoms with Gasteiger partial charge in [0, 0.05) is 29.0 Å². The number of nitrogens with zero attached hydrogens (tertiary/aromatic N) is 1. The summed E-state index contributed by atoms with van der Waals surface area (Å²) in [7, 11) is 0. The minimum Gasteiger partial charge on any atom is -0.326 e. The summed E-state index contributed by atoms with van der Waals surface area (Å²) in [5.41, 5.74) is 2.87. The number of thiazole rings is 1. The van der Waals surface area contributed by atoms with Crippen LogP contribution in [-0.2, 0) is 9.59 Å². The molecular weight excluding hydrogens is 368 g/mol. The molecule has 2 atom stereocenters. The number of benzene rings is 2. The quantitative estimate of drug-likeness (QED) is 0.660. The molecule has 2 fully saturated rings. The lowest BCUT2D eigenvalue weighted by Crippen LogP contribution is -2.40. The van der Waals surface area contributed by atoms with Gasteiger partial charge in [0.25, 0.3) is 0 Å². The normalized spacial score (nSPS) is 24.3. The number of carbonyl (C=O) groups is 2. The summed E-state index contributed by atoms with van der Waals surface area (Å²) in [6, 6.07) is 16.0. The molecule has 0 saturated heterocycles. The first-order valence-electron chi connectivity index (χ1n) is 9.98. The molecule has 5 rings (SSSR count). The highest BCUT2D eigenvalue weighted by Gasteiger charge is 2.41. The number of aromatic nitrogens is 1. The van der Waals surface area contributed by atoms with E-state index >= 15 is 0 Å². The molecule has 142 valence electrons. The molecule has 2 bridgehead atoms. The van der Waals surface area contributed by atoms with Crippen molar-refractivity contribution in [1.82, 2.24) is 4.98 Å². The standard InChI is InChI=1S/C23H22N2O2S/c26-21-15-4-3-5-16(21)13-17(12-15)22(27)24-18-10-8-14(9-11-18)23-25-19-6-1-2-7-20(19)28-23/h1-2,6-11,15-17H,3-5,12-13H2,(H,24,27). The van der Waals surface area contributed by atoms with Crippen LogP contribution in [0.25, 0.3) is 20.8 Å². The summed E-state index contributed by atoms with van der Waals surface area (Å²) in [6.07, 6.45) is 4.46. The number of nitrogens with one attached hydrogen (secondary N) is 1. The van der Waals surface area contributed by atoms with E-state index in [0.717, 1.165) is 41.0 Å². The van der Waals surface area contributed by atoms with Gasteiger partial charge in [0.2, 0.25) is 5.91 Å². The summed E-state index contributed by atoms with van der Waals surface area (Å²) in [4.78, 5) is 29.7. The highest BCUT2D eigenvalue weighted by atomic mass is 32.1. The summed E-state index contributed by atoms with van der Waals surface area (Å²) >= 11 is 1.67. The first kappa shape index (κ1) is 17.6. The van der Waals surface area contributed by atoms with Gasteiger partial charge in [0.05, 0.1) is 10.2 Å². The Hall–Kier alpha value is -2.53. The van der Waals surface area contributed by atoms with Crippen molar-refractivity contribution in [2.24, 2.45) is 17.8 Å². The van der Waals surface area contributed by atoms with Crippen molar-refractivity contribution in [2.45, 2.75) is 32.1 Å². The van der Waals surface area contributed by atoms with Crippen LogP contribution in [0.2, 0.25) is 0 Å². The fourth-order valence-corrected chi connectivity index (χ4v) is 5.60. The van der Waals surface area contributed by atoms with Gasteiger partial charge >= 0.3 is 0 Å². The number of anilines is 1. The minimum atomic E-state index is -0.0445. The molecule has 2 saturated carbocycles. The van der Waals surface area contributed by atoms with Crippen molar-refractivity contribution in [3.8, 4) is 10.6 Å². The van der Waals surface area contributed by atoms with Crippen LogP contribution in [0.15, 0.2) is 48.5 Å². The smallest absolute Gasteiger partial charge is 0.227 e. The topological polar surface area (TPSA) is 59.1 Å². The van der Waals surface area contributed by atoms with E-state index in [-0.39, 0.29) is 23.7 Å². The van der Waals surface area contributed by atoms with Crippen LogP contribution >= 0.6 is 11.3 Å². The molecule has 0 aliphatic heterocycles. The van der Waals surface area contributed by atoms with Gasteiger partial charge in [-0.05, 0) is 62.1 Å². The SMILES string of the molecule is O=C(Nc1ccc(-c2nc3ccccc3s2)cc1)C1CC2CCCC(C1)C2=O. The van der Waals surface area contributed by atoms with E-state index in [9.17, 15) is 9.59 Å². The molecule has 0 spiro atoms. The Bertz CT molecular complexity index is 991. The van der Waals surface area contributed by atoms with Crippen molar-refractivity contribution in [3.05, 3.63) is 48.5 Å². The van der Waals surface area contributed by atoms with Crippen LogP contribution in [0, 0.1) is 17.8 Å². The average molecular weight is 391 g/mol. The predicted octanol–water partition coefficient (Wildman–Crippen LogP) is 5.30. The number of carbonyl (C=O) groups excluding carboxylic acids is 2. The number of Topliss-reactive ketones (excluding diaryl/α,β-unsaturated/α-hetero) is 1. The molecule has 2 aliphatic carbocycles. The molecule has 2 aliphatic rings. The maximum Gasteiger partial charge on any atom is 0.227 e. The van der Waals surface area contributed by atoms with Gasteiger partial charge in [-0.3, -0.25) is 9.59 Å². The fourth-order valence-electron chi connectivity index (χ4n) is 4.63. The Kier molecular flexibility index (Phi) is 4.47. The van der Waals surface area contributed by atoms with Crippen LogP contribution in [0.4, 0.5) is 5.69 Å². The molecule has 1 N–H and O–H groups in total. The number of amides is 1. The Morgan fingerprint density at radius 2 is 1.71 bits per heavy atom. The van der Waals surface area contributed by atoms with E-state index in [2.05, 4.69) is 16.4 Å². The van der Waals surface area contributed by atoms with Crippen LogP contribution in [0.3, 0.4) is 0 Å². The predicted molar refractivity (Wildman–Crippen MR) is 112 cm³/mol.